The average Bonchev–Trinajstić information content (AvgIpc) is 2.38. The minimum atomic E-state index is -0.884. The lowest BCUT2D eigenvalue weighted by molar-refractivity contribution is -0.137. The molecule has 0 atom stereocenters. The summed E-state index contributed by atoms with van der Waals surface area (Å²) in [5.74, 6) is -0.411. The molecule has 104 valence electrons. The highest BCUT2D eigenvalue weighted by atomic mass is 16.5. The number of ether oxygens (including phenoxy) is 1. The molecule has 0 aromatic carbocycles. The zero-order chi connectivity index (χ0) is 13.4. The van der Waals surface area contributed by atoms with Gasteiger partial charge >= 0.3 is 12.0 Å². The summed E-state index contributed by atoms with van der Waals surface area (Å²) in [5.41, 5.74) is 0. The van der Waals surface area contributed by atoms with Crippen LogP contribution in [0.3, 0.4) is 0 Å². The average molecular weight is 258 g/mol. The van der Waals surface area contributed by atoms with Crippen molar-refractivity contribution in [1.29, 1.82) is 0 Å². The van der Waals surface area contributed by atoms with E-state index in [1.165, 1.54) is 4.90 Å². The van der Waals surface area contributed by atoms with Gasteiger partial charge in [0.15, 0.2) is 0 Å². The topological polar surface area (TPSA) is 78.9 Å². The molecular formula is C12H22N2O4. The second kappa shape index (κ2) is 7.92. The predicted octanol–water partition coefficient (Wildman–Crippen LogP) is 0.919. The molecule has 1 saturated heterocycles. The lowest BCUT2D eigenvalue weighted by atomic mass is 10.0. The Balaban J connectivity index is 2.25. The van der Waals surface area contributed by atoms with Gasteiger partial charge in [0.05, 0.1) is 6.42 Å². The van der Waals surface area contributed by atoms with Crippen molar-refractivity contribution in [2.45, 2.75) is 26.2 Å². The van der Waals surface area contributed by atoms with Crippen LogP contribution in [-0.4, -0.2) is 54.9 Å². The molecule has 0 spiro atoms. The maximum atomic E-state index is 11.8. The molecule has 2 amide bonds. The normalized spacial score (nSPS) is 16.3. The lowest BCUT2D eigenvalue weighted by Gasteiger charge is -2.25. The number of hydrogen-bond donors (Lipinski definition) is 2. The minimum absolute atomic E-state index is 0.0153. The number of carbonyl (C=O) groups is 2. The molecule has 18 heavy (non-hydrogen) atoms. The Morgan fingerprint density at radius 3 is 2.61 bits per heavy atom. The Morgan fingerprint density at radius 2 is 2.06 bits per heavy atom. The molecule has 1 aliphatic rings. The number of carboxylic acids is 1. The Kier molecular flexibility index (Phi) is 6.49. The second-order valence-corrected chi connectivity index (χ2v) is 4.47. The van der Waals surface area contributed by atoms with Gasteiger partial charge in [-0.3, -0.25) is 4.79 Å². The second-order valence-electron chi connectivity index (χ2n) is 4.47. The van der Waals surface area contributed by atoms with E-state index >= 15 is 0 Å². The van der Waals surface area contributed by atoms with E-state index in [1.807, 2.05) is 6.92 Å². The van der Waals surface area contributed by atoms with Gasteiger partial charge in [-0.25, -0.2) is 4.79 Å². The summed E-state index contributed by atoms with van der Waals surface area (Å²) < 4.78 is 5.25. The molecule has 1 heterocycles. The summed E-state index contributed by atoms with van der Waals surface area (Å²) in [7, 11) is 0. The molecule has 0 saturated carbocycles. The molecule has 1 fully saturated rings. The third-order valence-electron chi connectivity index (χ3n) is 3.15. The number of aliphatic carboxylic acids is 1. The van der Waals surface area contributed by atoms with Crippen molar-refractivity contribution in [2.24, 2.45) is 5.92 Å². The molecule has 0 aromatic rings. The molecular weight excluding hydrogens is 236 g/mol. The summed E-state index contributed by atoms with van der Waals surface area (Å²) in [6, 6.07) is -0.176. The first-order valence-corrected chi connectivity index (χ1v) is 6.45. The quantitative estimate of drug-likeness (QED) is 0.742. The van der Waals surface area contributed by atoms with E-state index in [1.54, 1.807) is 0 Å². The molecule has 0 aliphatic carbocycles. The van der Waals surface area contributed by atoms with Crippen LogP contribution >= 0.6 is 0 Å². The molecule has 1 rings (SSSR count). The van der Waals surface area contributed by atoms with Gasteiger partial charge in [-0.15, -0.1) is 0 Å². The molecule has 0 unspecified atom stereocenters. The summed E-state index contributed by atoms with van der Waals surface area (Å²) in [6.45, 7) is 4.79. The standard InChI is InChI=1S/C12H22N2O4/c1-2-14(6-3-11(15)16)12(17)13-9-10-4-7-18-8-5-10/h10H,2-9H2,1H3,(H,13,17)(H,15,16). The van der Waals surface area contributed by atoms with Crippen LogP contribution in [0, 0.1) is 5.92 Å². The molecule has 6 heteroatoms. The number of rotatable bonds is 6. The number of nitrogens with zero attached hydrogens (tertiary/aromatic N) is 1. The largest absolute Gasteiger partial charge is 0.481 e. The monoisotopic (exact) mass is 258 g/mol. The van der Waals surface area contributed by atoms with Crippen LogP contribution in [-0.2, 0) is 9.53 Å². The molecule has 0 bridgehead atoms. The van der Waals surface area contributed by atoms with Crippen molar-refractivity contribution >= 4 is 12.0 Å². The van der Waals surface area contributed by atoms with Crippen LogP contribution in [0.15, 0.2) is 0 Å². The number of amides is 2. The predicted molar refractivity (Wildman–Crippen MR) is 66.4 cm³/mol. The number of nitrogens with one attached hydrogen (secondary N) is 1. The third-order valence-corrected chi connectivity index (χ3v) is 3.15. The fraction of sp³-hybridized carbons (Fsp3) is 0.833. The first kappa shape index (κ1) is 14.8. The van der Waals surface area contributed by atoms with Crippen molar-refractivity contribution in [3.05, 3.63) is 0 Å². The van der Waals surface area contributed by atoms with E-state index in [2.05, 4.69) is 5.32 Å². The van der Waals surface area contributed by atoms with Gasteiger partial charge < -0.3 is 20.1 Å². The number of carboxylic acid groups (broad SMARTS) is 1. The van der Waals surface area contributed by atoms with Gasteiger partial charge in [0.2, 0.25) is 0 Å². The van der Waals surface area contributed by atoms with Crippen LogP contribution in [0.2, 0.25) is 0 Å². The third kappa shape index (κ3) is 5.35. The van der Waals surface area contributed by atoms with Gasteiger partial charge in [0.1, 0.15) is 0 Å². The Hall–Kier alpha value is -1.30. The summed E-state index contributed by atoms with van der Waals surface area (Å²) in [4.78, 5) is 23.8. The molecule has 0 aromatic heterocycles. The first-order valence-electron chi connectivity index (χ1n) is 6.45. The number of urea groups is 1. The zero-order valence-electron chi connectivity index (χ0n) is 10.9. The van der Waals surface area contributed by atoms with E-state index in [0.717, 1.165) is 26.1 Å². The fourth-order valence-corrected chi connectivity index (χ4v) is 1.93. The summed E-state index contributed by atoms with van der Waals surface area (Å²) in [6.07, 6.45) is 1.93. The van der Waals surface area contributed by atoms with Gasteiger partial charge in [-0.05, 0) is 25.7 Å². The molecule has 1 aliphatic heterocycles. The Labute approximate surface area is 107 Å². The summed E-state index contributed by atoms with van der Waals surface area (Å²) in [5, 5.41) is 11.5. The maximum Gasteiger partial charge on any atom is 0.317 e. The van der Waals surface area contributed by atoms with Crippen LogP contribution in [0.1, 0.15) is 26.2 Å². The van der Waals surface area contributed by atoms with Crippen molar-refractivity contribution in [2.75, 3.05) is 32.8 Å². The summed E-state index contributed by atoms with van der Waals surface area (Å²) >= 11 is 0. The number of carbonyl (C=O) groups excluding carboxylic acids is 1. The number of hydrogen-bond acceptors (Lipinski definition) is 3. The van der Waals surface area contributed by atoms with Crippen molar-refractivity contribution in [3.8, 4) is 0 Å². The van der Waals surface area contributed by atoms with Crippen molar-refractivity contribution in [3.63, 3.8) is 0 Å². The first-order chi connectivity index (χ1) is 8.63. The zero-order valence-corrected chi connectivity index (χ0v) is 10.9. The maximum absolute atomic E-state index is 11.8. The lowest BCUT2D eigenvalue weighted by Crippen LogP contribution is -2.43. The van der Waals surface area contributed by atoms with E-state index in [-0.39, 0.29) is 19.0 Å². The highest BCUT2D eigenvalue weighted by Crippen LogP contribution is 2.13. The molecule has 0 radical (unpaired) electrons. The molecule has 6 nitrogen and oxygen atoms in total. The van der Waals surface area contributed by atoms with Crippen LogP contribution in [0.25, 0.3) is 0 Å². The Bertz CT molecular complexity index is 277. The Morgan fingerprint density at radius 1 is 1.39 bits per heavy atom. The van der Waals surface area contributed by atoms with Crippen molar-refractivity contribution in [1.82, 2.24) is 10.2 Å². The fourth-order valence-electron chi connectivity index (χ4n) is 1.93. The molecule has 2 N–H and O–H groups in total. The smallest absolute Gasteiger partial charge is 0.317 e. The van der Waals surface area contributed by atoms with Gasteiger partial charge in [0, 0.05) is 32.8 Å². The minimum Gasteiger partial charge on any atom is -0.481 e. The van der Waals surface area contributed by atoms with Crippen LogP contribution in [0.4, 0.5) is 4.79 Å². The van der Waals surface area contributed by atoms with Gasteiger partial charge in [-0.2, -0.15) is 0 Å². The van der Waals surface area contributed by atoms with E-state index in [9.17, 15) is 9.59 Å². The van der Waals surface area contributed by atoms with Gasteiger partial charge in [-0.1, -0.05) is 0 Å². The van der Waals surface area contributed by atoms with Gasteiger partial charge in [0.25, 0.3) is 0 Å². The van der Waals surface area contributed by atoms with Crippen LogP contribution in [0.5, 0.6) is 0 Å². The van der Waals surface area contributed by atoms with Crippen LogP contribution < -0.4 is 5.32 Å². The van der Waals surface area contributed by atoms with E-state index in [4.69, 9.17) is 9.84 Å². The highest BCUT2D eigenvalue weighted by molar-refractivity contribution is 5.75. The van der Waals surface area contributed by atoms with E-state index < -0.39 is 5.97 Å². The SMILES string of the molecule is CCN(CCC(=O)O)C(=O)NCC1CCOCC1. The highest BCUT2D eigenvalue weighted by Gasteiger charge is 2.17. The van der Waals surface area contributed by atoms with E-state index in [0.29, 0.717) is 19.0 Å². The van der Waals surface area contributed by atoms with Crippen molar-refractivity contribution < 1.29 is 19.4 Å².